The van der Waals surface area contributed by atoms with E-state index in [0.717, 1.165) is 17.3 Å². The fraction of sp³-hybridized carbons (Fsp3) is 0.429. The summed E-state index contributed by atoms with van der Waals surface area (Å²) in [5.41, 5.74) is 6.29. The standard InChI is InChI=1S/C14H17BrN2O2S/c1-19-10-2-3-12(15)11(8-10)14(18)17-6-4-9(5-7-17)13(16)20/h2-3,8-9H,4-7H2,1H3,(H2,16,20). The van der Waals surface area contributed by atoms with E-state index in [4.69, 9.17) is 22.7 Å². The first-order valence-corrected chi connectivity index (χ1v) is 7.65. The molecule has 1 saturated heterocycles. The molecule has 1 heterocycles. The number of methoxy groups -OCH3 is 1. The van der Waals surface area contributed by atoms with Crippen LogP contribution in [0.15, 0.2) is 22.7 Å². The number of hydrogen-bond donors (Lipinski definition) is 1. The van der Waals surface area contributed by atoms with Gasteiger partial charge in [-0.1, -0.05) is 12.2 Å². The molecule has 0 spiro atoms. The minimum atomic E-state index is 0.0113. The van der Waals surface area contributed by atoms with Crippen LogP contribution in [0, 0.1) is 5.92 Å². The van der Waals surface area contributed by atoms with Crippen LogP contribution in [0.3, 0.4) is 0 Å². The number of carbonyl (C=O) groups is 1. The summed E-state index contributed by atoms with van der Waals surface area (Å²) in [6.45, 7) is 1.37. The zero-order valence-corrected chi connectivity index (χ0v) is 13.7. The number of carbonyl (C=O) groups excluding carboxylic acids is 1. The second-order valence-electron chi connectivity index (χ2n) is 4.81. The van der Waals surface area contributed by atoms with Crippen molar-refractivity contribution in [2.75, 3.05) is 20.2 Å². The van der Waals surface area contributed by atoms with E-state index in [1.165, 1.54) is 0 Å². The van der Waals surface area contributed by atoms with Crippen LogP contribution in [0.1, 0.15) is 23.2 Å². The summed E-state index contributed by atoms with van der Waals surface area (Å²) in [5.74, 6) is 0.939. The van der Waals surface area contributed by atoms with E-state index in [-0.39, 0.29) is 11.8 Å². The van der Waals surface area contributed by atoms with Gasteiger partial charge in [0.05, 0.1) is 17.7 Å². The Labute approximate surface area is 132 Å². The van der Waals surface area contributed by atoms with Crippen molar-refractivity contribution in [2.24, 2.45) is 11.7 Å². The zero-order chi connectivity index (χ0) is 14.7. The normalized spacial score (nSPS) is 16.0. The van der Waals surface area contributed by atoms with Gasteiger partial charge in [-0.3, -0.25) is 4.79 Å². The van der Waals surface area contributed by atoms with Gasteiger partial charge in [-0.25, -0.2) is 0 Å². The summed E-state index contributed by atoms with van der Waals surface area (Å²) < 4.78 is 5.95. The molecule has 0 atom stereocenters. The lowest BCUT2D eigenvalue weighted by atomic mass is 9.96. The van der Waals surface area contributed by atoms with E-state index in [0.29, 0.717) is 29.4 Å². The average molecular weight is 357 g/mol. The zero-order valence-electron chi connectivity index (χ0n) is 11.3. The van der Waals surface area contributed by atoms with Gasteiger partial charge in [-0.2, -0.15) is 0 Å². The Morgan fingerprint density at radius 1 is 1.45 bits per heavy atom. The fourth-order valence-corrected chi connectivity index (χ4v) is 2.98. The van der Waals surface area contributed by atoms with E-state index >= 15 is 0 Å². The number of thiocarbonyl (C=S) groups is 1. The predicted octanol–water partition coefficient (Wildman–Crippen LogP) is 2.60. The molecule has 1 amide bonds. The van der Waals surface area contributed by atoms with E-state index in [2.05, 4.69) is 15.9 Å². The maximum Gasteiger partial charge on any atom is 0.255 e. The van der Waals surface area contributed by atoms with Crippen LogP contribution in [0.4, 0.5) is 0 Å². The first-order chi connectivity index (χ1) is 9.52. The van der Waals surface area contributed by atoms with Gasteiger partial charge in [0.2, 0.25) is 0 Å². The van der Waals surface area contributed by atoms with Gasteiger partial charge in [0.25, 0.3) is 5.91 Å². The molecule has 0 unspecified atom stereocenters. The number of likely N-dealkylation sites (tertiary alicyclic amines) is 1. The Bertz CT molecular complexity index is 528. The lowest BCUT2D eigenvalue weighted by molar-refractivity contribution is 0.0709. The van der Waals surface area contributed by atoms with Gasteiger partial charge in [0.15, 0.2) is 0 Å². The molecule has 1 fully saturated rings. The van der Waals surface area contributed by atoms with Crippen molar-refractivity contribution in [2.45, 2.75) is 12.8 Å². The molecule has 0 aliphatic carbocycles. The molecule has 0 saturated carbocycles. The fourth-order valence-electron chi connectivity index (χ4n) is 2.33. The smallest absolute Gasteiger partial charge is 0.255 e. The van der Waals surface area contributed by atoms with Crippen molar-refractivity contribution >= 4 is 39.0 Å². The van der Waals surface area contributed by atoms with Crippen LogP contribution in [0.5, 0.6) is 5.75 Å². The number of amides is 1. The van der Waals surface area contributed by atoms with E-state index in [1.54, 1.807) is 13.2 Å². The first-order valence-electron chi connectivity index (χ1n) is 6.45. The van der Waals surface area contributed by atoms with Gasteiger partial charge in [-0.05, 0) is 47.0 Å². The monoisotopic (exact) mass is 356 g/mol. The van der Waals surface area contributed by atoms with Crippen LogP contribution >= 0.6 is 28.1 Å². The maximum absolute atomic E-state index is 12.5. The van der Waals surface area contributed by atoms with Crippen LogP contribution < -0.4 is 10.5 Å². The maximum atomic E-state index is 12.5. The number of nitrogens with two attached hydrogens (primary N) is 1. The topological polar surface area (TPSA) is 55.6 Å². The minimum absolute atomic E-state index is 0.0113. The molecule has 0 bridgehead atoms. The lowest BCUT2D eigenvalue weighted by Crippen LogP contribution is -2.41. The molecular weight excluding hydrogens is 340 g/mol. The Kier molecular flexibility index (Phi) is 4.99. The van der Waals surface area contributed by atoms with Crippen molar-refractivity contribution in [3.8, 4) is 5.75 Å². The van der Waals surface area contributed by atoms with E-state index in [9.17, 15) is 4.79 Å². The highest BCUT2D eigenvalue weighted by Gasteiger charge is 2.26. The molecule has 20 heavy (non-hydrogen) atoms. The summed E-state index contributed by atoms with van der Waals surface area (Å²) in [7, 11) is 1.59. The summed E-state index contributed by atoms with van der Waals surface area (Å²) in [6, 6.07) is 5.40. The molecular formula is C14H17BrN2O2S. The Balaban J connectivity index is 2.11. The summed E-state index contributed by atoms with van der Waals surface area (Å²) >= 11 is 8.44. The molecule has 1 aromatic carbocycles. The molecule has 1 aromatic rings. The largest absolute Gasteiger partial charge is 0.497 e. The van der Waals surface area contributed by atoms with Crippen molar-refractivity contribution < 1.29 is 9.53 Å². The molecule has 0 radical (unpaired) electrons. The summed E-state index contributed by atoms with van der Waals surface area (Å²) in [6.07, 6.45) is 1.67. The third-order valence-electron chi connectivity index (χ3n) is 3.59. The van der Waals surface area contributed by atoms with Gasteiger partial charge in [-0.15, -0.1) is 0 Å². The Morgan fingerprint density at radius 3 is 2.65 bits per heavy atom. The SMILES string of the molecule is COc1ccc(Br)c(C(=O)N2CCC(C(N)=S)CC2)c1. The number of ether oxygens (including phenoxy) is 1. The van der Waals surface area contributed by atoms with Crippen LogP contribution in [0.25, 0.3) is 0 Å². The van der Waals surface area contributed by atoms with Gasteiger partial charge in [0.1, 0.15) is 5.75 Å². The molecule has 0 aromatic heterocycles. The number of halogens is 1. The highest BCUT2D eigenvalue weighted by atomic mass is 79.9. The second kappa shape index (κ2) is 6.54. The van der Waals surface area contributed by atoms with Crippen LogP contribution in [0.2, 0.25) is 0 Å². The number of benzene rings is 1. The van der Waals surface area contributed by atoms with Crippen molar-refractivity contribution in [1.82, 2.24) is 4.90 Å². The predicted molar refractivity (Wildman–Crippen MR) is 86.1 cm³/mol. The number of rotatable bonds is 3. The first kappa shape index (κ1) is 15.3. The quantitative estimate of drug-likeness (QED) is 0.845. The summed E-state index contributed by atoms with van der Waals surface area (Å²) in [5, 5.41) is 0. The average Bonchev–Trinajstić information content (AvgIpc) is 2.47. The minimum Gasteiger partial charge on any atom is -0.497 e. The lowest BCUT2D eigenvalue weighted by Gasteiger charge is -2.31. The van der Waals surface area contributed by atoms with Crippen molar-refractivity contribution in [1.29, 1.82) is 0 Å². The van der Waals surface area contributed by atoms with E-state index < -0.39 is 0 Å². The Morgan fingerprint density at radius 2 is 2.10 bits per heavy atom. The summed E-state index contributed by atoms with van der Waals surface area (Å²) in [4.78, 5) is 14.9. The third kappa shape index (κ3) is 3.30. The highest BCUT2D eigenvalue weighted by molar-refractivity contribution is 9.10. The molecule has 6 heteroatoms. The third-order valence-corrected chi connectivity index (χ3v) is 4.61. The van der Waals surface area contributed by atoms with Gasteiger partial charge < -0.3 is 15.4 Å². The molecule has 2 rings (SSSR count). The molecule has 4 nitrogen and oxygen atoms in total. The molecule has 2 N–H and O–H groups in total. The van der Waals surface area contributed by atoms with Crippen LogP contribution in [-0.2, 0) is 0 Å². The number of piperidine rings is 1. The number of hydrogen-bond acceptors (Lipinski definition) is 3. The van der Waals surface area contributed by atoms with Crippen LogP contribution in [-0.4, -0.2) is 36.0 Å². The highest BCUT2D eigenvalue weighted by Crippen LogP contribution is 2.26. The molecule has 1 aliphatic rings. The van der Waals surface area contributed by atoms with E-state index in [1.807, 2.05) is 17.0 Å². The molecule has 108 valence electrons. The van der Waals surface area contributed by atoms with Gasteiger partial charge >= 0.3 is 0 Å². The Hall–Kier alpha value is -1.14. The van der Waals surface area contributed by atoms with Gasteiger partial charge in [0, 0.05) is 23.5 Å². The second-order valence-corrected chi connectivity index (χ2v) is 6.14. The van der Waals surface area contributed by atoms with Crippen molar-refractivity contribution in [3.63, 3.8) is 0 Å². The molecule has 1 aliphatic heterocycles. The number of nitrogens with zero attached hydrogens (tertiary/aromatic N) is 1. The van der Waals surface area contributed by atoms with Crippen molar-refractivity contribution in [3.05, 3.63) is 28.2 Å².